The van der Waals surface area contributed by atoms with Crippen molar-refractivity contribution in [2.45, 2.75) is 19.4 Å². The van der Waals surface area contributed by atoms with Gasteiger partial charge in [0.1, 0.15) is 5.82 Å². The van der Waals surface area contributed by atoms with Gasteiger partial charge in [-0.2, -0.15) is 0 Å². The summed E-state index contributed by atoms with van der Waals surface area (Å²) in [5, 5.41) is 0. The van der Waals surface area contributed by atoms with Crippen molar-refractivity contribution in [3.05, 3.63) is 63.6 Å². The van der Waals surface area contributed by atoms with Crippen molar-refractivity contribution in [2.75, 3.05) is 0 Å². The normalized spacial score (nSPS) is 12.4. The van der Waals surface area contributed by atoms with E-state index in [0.29, 0.717) is 10.9 Å². The Hall–Kier alpha value is -1.30. The maximum absolute atomic E-state index is 13.2. The average molecular weight is 324 g/mol. The number of benzene rings is 1. The van der Waals surface area contributed by atoms with Crippen LogP contribution in [0.1, 0.15) is 22.9 Å². The fourth-order valence-corrected chi connectivity index (χ4v) is 2.39. The second-order valence-electron chi connectivity index (χ2n) is 4.40. The zero-order valence-electron chi connectivity index (χ0n) is 10.5. The Bertz CT molecular complexity index is 574. The van der Waals surface area contributed by atoms with Crippen molar-refractivity contribution in [3.8, 4) is 0 Å². The number of nitrogens with zero attached hydrogens (tertiary/aromatic N) is 1. The molecule has 0 saturated heterocycles. The van der Waals surface area contributed by atoms with E-state index in [1.165, 1.54) is 6.07 Å². The van der Waals surface area contributed by atoms with Gasteiger partial charge in [-0.1, -0.05) is 6.07 Å². The number of hydrogen-bond acceptors (Lipinski definition) is 3. The molecule has 1 aromatic heterocycles. The molecule has 100 valence electrons. The molecule has 5 heteroatoms. The average Bonchev–Trinajstić information content (AvgIpc) is 2.40. The molecule has 0 spiro atoms. The Balaban J connectivity index is 2.21. The quantitative estimate of drug-likeness (QED) is 0.671. The fourth-order valence-electron chi connectivity index (χ4n) is 1.96. The van der Waals surface area contributed by atoms with Gasteiger partial charge in [-0.15, -0.1) is 0 Å². The van der Waals surface area contributed by atoms with Crippen LogP contribution in [0.4, 0.5) is 4.39 Å². The van der Waals surface area contributed by atoms with E-state index >= 15 is 0 Å². The summed E-state index contributed by atoms with van der Waals surface area (Å²) in [5.74, 6) is 5.35. The minimum absolute atomic E-state index is 0.0286. The number of halogens is 2. The SMILES string of the molecule is Cc1cc(C(Cc2ccc(F)c(Br)c2)NN)ccn1. The summed E-state index contributed by atoms with van der Waals surface area (Å²) in [6.45, 7) is 1.94. The van der Waals surface area contributed by atoms with E-state index in [-0.39, 0.29) is 11.9 Å². The summed E-state index contributed by atoms with van der Waals surface area (Å²) < 4.78 is 13.7. The Morgan fingerprint density at radius 3 is 2.79 bits per heavy atom. The van der Waals surface area contributed by atoms with E-state index < -0.39 is 0 Å². The van der Waals surface area contributed by atoms with Gasteiger partial charge < -0.3 is 0 Å². The summed E-state index contributed by atoms with van der Waals surface area (Å²) in [5.41, 5.74) is 5.80. The molecule has 1 unspecified atom stereocenters. The number of rotatable bonds is 4. The maximum atomic E-state index is 13.2. The molecule has 0 aliphatic heterocycles. The third-order valence-corrected chi connectivity index (χ3v) is 3.56. The van der Waals surface area contributed by atoms with Crippen molar-refractivity contribution < 1.29 is 4.39 Å². The van der Waals surface area contributed by atoms with E-state index in [0.717, 1.165) is 16.8 Å². The molecule has 0 amide bonds. The van der Waals surface area contributed by atoms with Gasteiger partial charge in [0.05, 0.1) is 10.5 Å². The van der Waals surface area contributed by atoms with Crippen LogP contribution in [0.5, 0.6) is 0 Å². The van der Waals surface area contributed by atoms with Crippen molar-refractivity contribution in [1.82, 2.24) is 10.4 Å². The van der Waals surface area contributed by atoms with Gasteiger partial charge in [0.2, 0.25) is 0 Å². The van der Waals surface area contributed by atoms with Crippen LogP contribution in [0.15, 0.2) is 41.0 Å². The molecule has 19 heavy (non-hydrogen) atoms. The number of aromatic nitrogens is 1. The van der Waals surface area contributed by atoms with Crippen LogP contribution in [-0.2, 0) is 6.42 Å². The molecule has 3 nitrogen and oxygen atoms in total. The highest BCUT2D eigenvalue weighted by atomic mass is 79.9. The highest BCUT2D eigenvalue weighted by Gasteiger charge is 2.12. The molecular weight excluding hydrogens is 309 g/mol. The molecule has 1 aromatic carbocycles. The molecule has 0 fully saturated rings. The molecule has 0 aliphatic carbocycles. The van der Waals surface area contributed by atoms with Crippen LogP contribution >= 0.6 is 15.9 Å². The molecular formula is C14H15BrFN3. The van der Waals surface area contributed by atoms with E-state index in [2.05, 4.69) is 26.3 Å². The van der Waals surface area contributed by atoms with Crippen LogP contribution in [0.2, 0.25) is 0 Å². The Labute approximate surface area is 120 Å². The minimum atomic E-state index is -0.263. The fraction of sp³-hybridized carbons (Fsp3) is 0.214. The first-order valence-electron chi connectivity index (χ1n) is 5.92. The van der Waals surface area contributed by atoms with Crippen molar-refractivity contribution in [3.63, 3.8) is 0 Å². The topological polar surface area (TPSA) is 50.9 Å². The Morgan fingerprint density at radius 1 is 1.37 bits per heavy atom. The Kier molecular flexibility index (Phi) is 4.63. The first-order chi connectivity index (χ1) is 9.10. The Morgan fingerprint density at radius 2 is 2.16 bits per heavy atom. The summed E-state index contributed by atoms with van der Waals surface area (Å²) in [4.78, 5) is 4.16. The van der Waals surface area contributed by atoms with Crippen LogP contribution in [0.3, 0.4) is 0 Å². The van der Waals surface area contributed by atoms with Crippen molar-refractivity contribution >= 4 is 15.9 Å². The van der Waals surface area contributed by atoms with Gasteiger partial charge in [0.15, 0.2) is 0 Å². The summed E-state index contributed by atoms with van der Waals surface area (Å²) in [6.07, 6.45) is 2.44. The first kappa shape index (κ1) is 14.1. The zero-order valence-corrected chi connectivity index (χ0v) is 12.1. The lowest BCUT2D eigenvalue weighted by atomic mass is 10.00. The van der Waals surface area contributed by atoms with Gasteiger partial charge in [-0.25, -0.2) is 4.39 Å². The molecule has 1 atom stereocenters. The monoisotopic (exact) mass is 323 g/mol. The summed E-state index contributed by atoms with van der Waals surface area (Å²) in [7, 11) is 0. The lowest BCUT2D eigenvalue weighted by molar-refractivity contribution is 0.549. The minimum Gasteiger partial charge on any atom is -0.271 e. The number of nitrogens with two attached hydrogens (primary N) is 1. The van der Waals surface area contributed by atoms with E-state index in [1.807, 2.05) is 19.1 Å². The highest BCUT2D eigenvalue weighted by Crippen LogP contribution is 2.22. The van der Waals surface area contributed by atoms with Crippen LogP contribution < -0.4 is 11.3 Å². The van der Waals surface area contributed by atoms with Gasteiger partial charge in [0, 0.05) is 11.9 Å². The molecule has 0 saturated carbocycles. The molecule has 0 radical (unpaired) electrons. The molecule has 0 aliphatic rings. The maximum Gasteiger partial charge on any atom is 0.137 e. The number of hydrogen-bond donors (Lipinski definition) is 2. The third-order valence-electron chi connectivity index (χ3n) is 2.95. The smallest absolute Gasteiger partial charge is 0.137 e. The number of pyridine rings is 1. The first-order valence-corrected chi connectivity index (χ1v) is 6.72. The lowest BCUT2D eigenvalue weighted by Crippen LogP contribution is -2.29. The van der Waals surface area contributed by atoms with Crippen molar-refractivity contribution in [2.24, 2.45) is 5.84 Å². The number of hydrazine groups is 1. The number of aryl methyl sites for hydroxylation is 1. The molecule has 3 N–H and O–H groups in total. The molecule has 1 heterocycles. The van der Waals surface area contributed by atoms with E-state index in [9.17, 15) is 4.39 Å². The number of nitrogens with one attached hydrogen (secondary N) is 1. The van der Waals surface area contributed by atoms with Crippen LogP contribution in [-0.4, -0.2) is 4.98 Å². The van der Waals surface area contributed by atoms with E-state index in [4.69, 9.17) is 5.84 Å². The zero-order chi connectivity index (χ0) is 13.8. The van der Waals surface area contributed by atoms with E-state index in [1.54, 1.807) is 18.3 Å². The van der Waals surface area contributed by atoms with Gasteiger partial charge in [0.25, 0.3) is 0 Å². The predicted molar refractivity (Wildman–Crippen MR) is 76.8 cm³/mol. The molecule has 2 aromatic rings. The largest absolute Gasteiger partial charge is 0.271 e. The van der Waals surface area contributed by atoms with Crippen LogP contribution in [0, 0.1) is 12.7 Å². The second-order valence-corrected chi connectivity index (χ2v) is 5.26. The third kappa shape index (κ3) is 3.59. The van der Waals surface area contributed by atoms with Gasteiger partial charge in [-0.05, 0) is 64.7 Å². The summed E-state index contributed by atoms with van der Waals surface area (Å²) >= 11 is 3.19. The van der Waals surface area contributed by atoms with Crippen molar-refractivity contribution in [1.29, 1.82) is 0 Å². The van der Waals surface area contributed by atoms with Gasteiger partial charge >= 0.3 is 0 Å². The van der Waals surface area contributed by atoms with Gasteiger partial charge in [-0.3, -0.25) is 16.3 Å². The lowest BCUT2D eigenvalue weighted by Gasteiger charge is -2.17. The second kappa shape index (κ2) is 6.23. The summed E-state index contributed by atoms with van der Waals surface area (Å²) in [6, 6.07) is 8.87. The standard InChI is InChI=1S/C14H15BrFN3/c1-9-6-11(4-5-18-9)14(19-17)8-10-2-3-13(16)12(15)7-10/h2-7,14,19H,8,17H2,1H3. The van der Waals surface area contributed by atoms with Crippen LogP contribution in [0.25, 0.3) is 0 Å². The molecule has 2 rings (SSSR count). The molecule has 0 bridgehead atoms. The predicted octanol–water partition coefficient (Wildman–Crippen LogP) is 3.04. The highest BCUT2D eigenvalue weighted by molar-refractivity contribution is 9.10.